The molecule has 0 aliphatic carbocycles. The van der Waals surface area contributed by atoms with Crippen molar-refractivity contribution in [2.45, 2.75) is 65.7 Å². The quantitative estimate of drug-likeness (QED) is 0.105. The first kappa shape index (κ1) is 54.5. The monoisotopic (exact) mass is 1160 g/mol. The molecular weight excluding hydrogens is 1090 g/mol. The fraction of sp³-hybridized carbons (Fsp3) is 0.119. The number of nitrogens with zero attached hydrogens (tertiary/aromatic N) is 3. The van der Waals surface area contributed by atoms with Crippen LogP contribution in [0.15, 0.2) is 273 Å². The molecule has 0 fully saturated rings. The Labute approximate surface area is 527 Å². The maximum Gasteiger partial charge on any atom is 0.264 e. The van der Waals surface area contributed by atoms with E-state index in [9.17, 15) is 0 Å². The SMILES string of the molecule is CCc1ccc(N2c3cc(N(c4ccccc4)c4ccccc4)cc4c3B(c3ccc(-c5ccc(-c6ccccc6)cc5)cc3N4c3ccc(C(C)(C)C)cc3-c3ccc4c5ccccc5c5ccccc5c4c3)c3sc4ccc(C(C)(C)C)cc4c32)cc1. The van der Waals surface area contributed by atoms with Crippen LogP contribution in [0.4, 0.5) is 51.2 Å². The molecule has 0 N–H and O–H groups in total. The topological polar surface area (TPSA) is 9.72 Å². The Bertz CT molecular complexity index is 5000. The summed E-state index contributed by atoms with van der Waals surface area (Å²) in [6, 6.07) is 103. The molecule has 0 saturated carbocycles. The van der Waals surface area contributed by atoms with E-state index in [1.165, 1.54) is 125 Å². The zero-order valence-electron chi connectivity index (χ0n) is 51.5. The summed E-state index contributed by atoms with van der Waals surface area (Å²) in [5, 5.41) is 8.87. The Balaban J connectivity index is 1.04. The standard InChI is InChI=1S/C84H68BN3S/c1-8-54-32-42-64(43-33-54)87-77-52-65(86(62-24-14-10-15-25-62)63-26-16-11-17-27-63)53-78-80(77)85(82-81(87)73-51-61(84(5,6)7)41-47-79(73)89-82)74-45-39-58(57-36-34-56(35-37-57)55-22-12-9-13-23-55)49-76(74)88(78)75-46-40-60(83(2,3)4)50-71(75)59-38-44-70-68-30-19-18-28-66(68)67-29-20-21-31-69(67)72(70)48-59/h9-53H,8H2,1-7H3. The number of rotatable bonds is 9. The number of fused-ring (bicyclic) bond motifs is 12. The van der Waals surface area contributed by atoms with Gasteiger partial charge in [-0.15, -0.1) is 11.3 Å². The maximum atomic E-state index is 2.67. The van der Waals surface area contributed by atoms with Crippen LogP contribution in [0, 0.1) is 0 Å². The normalized spacial score (nSPS) is 12.9. The van der Waals surface area contributed by atoms with Crippen molar-refractivity contribution in [3.8, 4) is 33.4 Å². The summed E-state index contributed by atoms with van der Waals surface area (Å²) in [5.74, 6) is 0. The summed E-state index contributed by atoms with van der Waals surface area (Å²) in [7, 11) is 0. The molecule has 5 heteroatoms. The third-order valence-corrected chi connectivity index (χ3v) is 20.1. The first-order valence-corrected chi connectivity index (χ1v) is 32.3. The number of anilines is 9. The van der Waals surface area contributed by atoms with Crippen LogP contribution in [0.5, 0.6) is 0 Å². The van der Waals surface area contributed by atoms with Crippen LogP contribution in [-0.4, -0.2) is 6.71 Å². The van der Waals surface area contributed by atoms with Gasteiger partial charge in [0.05, 0.1) is 17.1 Å². The van der Waals surface area contributed by atoms with Crippen molar-refractivity contribution >= 4 is 127 Å². The molecule has 0 atom stereocenters. The second-order valence-electron chi connectivity index (χ2n) is 26.4. The van der Waals surface area contributed by atoms with Gasteiger partial charge >= 0.3 is 0 Å². The van der Waals surface area contributed by atoms with Gasteiger partial charge in [-0.25, -0.2) is 0 Å². The van der Waals surface area contributed by atoms with E-state index in [-0.39, 0.29) is 17.5 Å². The Morgan fingerprint density at radius 2 is 0.876 bits per heavy atom. The average Bonchev–Trinajstić information content (AvgIpc) is 1.69. The van der Waals surface area contributed by atoms with Gasteiger partial charge in [-0.1, -0.05) is 237 Å². The maximum absolute atomic E-state index is 2.67. The van der Waals surface area contributed by atoms with E-state index < -0.39 is 0 Å². The van der Waals surface area contributed by atoms with E-state index in [1.807, 2.05) is 11.3 Å². The van der Waals surface area contributed by atoms with Crippen molar-refractivity contribution < 1.29 is 0 Å². The number of hydrogen-bond donors (Lipinski definition) is 0. The lowest BCUT2D eigenvalue weighted by atomic mass is 9.36. The molecule has 0 spiro atoms. The zero-order chi connectivity index (χ0) is 60.3. The van der Waals surface area contributed by atoms with Crippen molar-refractivity contribution in [1.29, 1.82) is 0 Å². The second-order valence-corrected chi connectivity index (χ2v) is 27.4. The molecule has 0 amide bonds. The van der Waals surface area contributed by atoms with Gasteiger partial charge in [0, 0.05) is 54.6 Å². The van der Waals surface area contributed by atoms with Crippen LogP contribution in [-0.2, 0) is 17.3 Å². The highest BCUT2D eigenvalue weighted by Gasteiger charge is 2.46. The van der Waals surface area contributed by atoms with Gasteiger partial charge in [0.2, 0.25) is 0 Å². The fourth-order valence-electron chi connectivity index (χ4n) is 14.2. The summed E-state index contributed by atoms with van der Waals surface area (Å²) in [4.78, 5) is 7.77. The molecule has 0 saturated heterocycles. The number of benzene rings is 13. The molecule has 0 radical (unpaired) electrons. The summed E-state index contributed by atoms with van der Waals surface area (Å²) in [5.41, 5.74) is 23.7. The largest absolute Gasteiger partial charge is 0.311 e. The van der Waals surface area contributed by atoms with Gasteiger partial charge in [-0.05, 0) is 190 Å². The molecule has 0 unspecified atom stereocenters. The van der Waals surface area contributed by atoms with Gasteiger partial charge in [0.25, 0.3) is 6.71 Å². The first-order valence-electron chi connectivity index (χ1n) is 31.5. The van der Waals surface area contributed by atoms with Crippen molar-refractivity contribution in [3.05, 3.63) is 290 Å². The summed E-state index contributed by atoms with van der Waals surface area (Å²) < 4.78 is 2.65. The molecule has 1 aromatic heterocycles. The van der Waals surface area contributed by atoms with Crippen molar-refractivity contribution in [3.63, 3.8) is 0 Å². The molecule has 14 aromatic rings. The number of aryl methyl sites for hydroxylation is 1. The van der Waals surface area contributed by atoms with Crippen LogP contribution < -0.4 is 30.4 Å². The minimum absolute atomic E-state index is 0.0603. The smallest absolute Gasteiger partial charge is 0.264 e. The molecule has 16 rings (SSSR count). The van der Waals surface area contributed by atoms with Crippen LogP contribution in [0.2, 0.25) is 0 Å². The lowest BCUT2D eigenvalue weighted by Gasteiger charge is -2.44. The molecule has 3 nitrogen and oxygen atoms in total. The van der Waals surface area contributed by atoms with Gasteiger partial charge in [-0.2, -0.15) is 0 Å². The first-order chi connectivity index (χ1) is 43.4. The van der Waals surface area contributed by atoms with Crippen molar-refractivity contribution in [2.24, 2.45) is 0 Å². The van der Waals surface area contributed by atoms with E-state index >= 15 is 0 Å². The molecule has 0 bridgehead atoms. The lowest BCUT2D eigenvalue weighted by Crippen LogP contribution is -2.60. The summed E-state index contributed by atoms with van der Waals surface area (Å²) in [6.45, 7) is 16.2. The minimum atomic E-state index is -0.139. The molecule has 428 valence electrons. The number of thiophene rings is 1. The highest BCUT2D eigenvalue weighted by molar-refractivity contribution is 7.33. The van der Waals surface area contributed by atoms with E-state index in [4.69, 9.17) is 0 Å². The predicted octanol–water partition coefficient (Wildman–Crippen LogP) is 22.1. The van der Waals surface area contributed by atoms with E-state index in [0.717, 1.165) is 40.5 Å². The van der Waals surface area contributed by atoms with Crippen LogP contribution >= 0.6 is 11.3 Å². The zero-order valence-corrected chi connectivity index (χ0v) is 52.3. The molecule has 2 aliphatic heterocycles. The predicted molar refractivity (Wildman–Crippen MR) is 386 cm³/mol. The van der Waals surface area contributed by atoms with Crippen molar-refractivity contribution in [1.82, 2.24) is 0 Å². The molecule has 13 aromatic carbocycles. The Kier molecular flexibility index (Phi) is 12.9. The van der Waals surface area contributed by atoms with Crippen LogP contribution in [0.1, 0.15) is 65.2 Å². The molecule has 2 aliphatic rings. The highest BCUT2D eigenvalue weighted by atomic mass is 32.1. The van der Waals surface area contributed by atoms with E-state index in [2.05, 4.69) is 336 Å². The van der Waals surface area contributed by atoms with Gasteiger partial charge in [-0.3, -0.25) is 0 Å². The Morgan fingerprint density at radius 3 is 1.48 bits per heavy atom. The third kappa shape index (κ3) is 9.16. The average molecular weight is 1160 g/mol. The Morgan fingerprint density at radius 1 is 0.371 bits per heavy atom. The Hall–Kier alpha value is -9.94. The van der Waals surface area contributed by atoms with E-state index in [0.29, 0.717) is 0 Å². The second kappa shape index (κ2) is 21.1. The van der Waals surface area contributed by atoms with Crippen LogP contribution in [0.3, 0.4) is 0 Å². The lowest BCUT2D eigenvalue weighted by molar-refractivity contribution is 0.590. The number of hydrogen-bond acceptors (Lipinski definition) is 4. The highest BCUT2D eigenvalue weighted by Crippen LogP contribution is 2.53. The van der Waals surface area contributed by atoms with E-state index in [1.54, 1.807) is 0 Å². The molecule has 89 heavy (non-hydrogen) atoms. The molecule has 3 heterocycles. The number of para-hydroxylation sites is 2. The van der Waals surface area contributed by atoms with Gasteiger partial charge < -0.3 is 14.7 Å². The third-order valence-electron chi connectivity index (χ3n) is 18.9. The van der Waals surface area contributed by atoms with Crippen LogP contribution in [0.25, 0.3) is 75.8 Å². The fourth-order valence-corrected chi connectivity index (χ4v) is 15.5. The molecular formula is C84H68BN3S. The summed E-state index contributed by atoms with van der Waals surface area (Å²) >= 11 is 1.97. The van der Waals surface area contributed by atoms with Crippen molar-refractivity contribution in [2.75, 3.05) is 14.7 Å². The van der Waals surface area contributed by atoms with Gasteiger partial charge in [0.1, 0.15) is 0 Å². The minimum Gasteiger partial charge on any atom is -0.311 e. The summed E-state index contributed by atoms with van der Waals surface area (Å²) in [6.07, 6.45) is 0.961. The van der Waals surface area contributed by atoms with Gasteiger partial charge in [0.15, 0.2) is 0 Å².